The molecule has 0 spiro atoms. The first-order valence-corrected chi connectivity index (χ1v) is 8.43. The number of ether oxygens (including phenoxy) is 2. The van der Waals surface area contributed by atoms with E-state index in [4.69, 9.17) is 13.9 Å². The number of hydrogen-bond acceptors (Lipinski definition) is 6. The van der Waals surface area contributed by atoms with Crippen LogP contribution in [0.3, 0.4) is 0 Å². The minimum absolute atomic E-state index is 0.169. The Bertz CT molecular complexity index is 944. The molecule has 0 fully saturated rings. The van der Waals surface area contributed by atoms with Crippen molar-refractivity contribution in [2.75, 3.05) is 19.5 Å². The third kappa shape index (κ3) is 2.71. The summed E-state index contributed by atoms with van der Waals surface area (Å²) in [5, 5.41) is 7.95. The Labute approximate surface area is 151 Å². The van der Waals surface area contributed by atoms with Crippen LogP contribution in [0.15, 0.2) is 47.1 Å². The number of nitrogens with one attached hydrogen (secondary N) is 1. The number of allylic oxidation sites excluding steroid dienone is 1. The van der Waals surface area contributed by atoms with Gasteiger partial charge in [-0.3, -0.25) is 0 Å². The number of nitrogens with zero attached hydrogens (tertiary/aromatic N) is 3. The van der Waals surface area contributed by atoms with Crippen molar-refractivity contribution in [3.63, 3.8) is 0 Å². The van der Waals surface area contributed by atoms with Crippen molar-refractivity contribution in [1.29, 1.82) is 0 Å². The SMILES string of the molecule is CCc1nc2n(n1)[C@H](c1ccco1)C=C(c1ccc(OC)c(OC)c1)N2. The summed E-state index contributed by atoms with van der Waals surface area (Å²) in [6, 6.07) is 9.44. The summed E-state index contributed by atoms with van der Waals surface area (Å²) >= 11 is 0. The molecule has 3 heterocycles. The fourth-order valence-electron chi connectivity index (χ4n) is 3.02. The molecule has 0 unspecified atom stereocenters. The molecule has 0 saturated carbocycles. The first kappa shape index (κ1) is 16.3. The molecule has 134 valence electrons. The van der Waals surface area contributed by atoms with E-state index >= 15 is 0 Å². The predicted octanol–water partition coefficient (Wildman–Crippen LogP) is 3.51. The van der Waals surface area contributed by atoms with Crippen molar-refractivity contribution >= 4 is 11.6 Å². The highest BCUT2D eigenvalue weighted by Crippen LogP contribution is 2.35. The maximum atomic E-state index is 5.63. The van der Waals surface area contributed by atoms with Gasteiger partial charge in [-0.15, -0.1) is 0 Å². The second kappa shape index (κ2) is 6.59. The molecule has 1 atom stereocenters. The topological polar surface area (TPSA) is 74.3 Å². The Morgan fingerprint density at radius 3 is 2.73 bits per heavy atom. The van der Waals surface area contributed by atoms with Gasteiger partial charge in [-0.25, -0.2) is 4.68 Å². The number of aryl methyl sites for hydroxylation is 1. The van der Waals surface area contributed by atoms with E-state index in [2.05, 4.69) is 21.5 Å². The second-order valence-corrected chi connectivity index (χ2v) is 5.89. The summed E-state index contributed by atoms with van der Waals surface area (Å²) in [6.07, 6.45) is 4.50. The first-order valence-electron chi connectivity index (χ1n) is 8.43. The molecule has 4 rings (SSSR count). The lowest BCUT2D eigenvalue weighted by Gasteiger charge is -2.23. The van der Waals surface area contributed by atoms with Crippen LogP contribution in [0, 0.1) is 0 Å². The summed E-state index contributed by atoms with van der Waals surface area (Å²) in [7, 11) is 3.25. The van der Waals surface area contributed by atoms with Crippen molar-refractivity contribution in [1.82, 2.24) is 14.8 Å². The quantitative estimate of drug-likeness (QED) is 0.757. The molecular weight excluding hydrogens is 332 g/mol. The van der Waals surface area contributed by atoms with Crippen LogP contribution in [0.25, 0.3) is 5.70 Å². The van der Waals surface area contributed by atoms with Crippen molar-refractivity contribution in [3.8, 4) is 11.5 Å². The largest absolute Gasteiger partial charge is 0.493 e. The van der Waals surface area contributed by atoms with Gasteiger partial charge < -0.3 is 19.2 Å². The fraction of sp³-hybridized carbons (Fsp3) is 0.263. The zero-order chi connectivity index (χ0) is 18.1. The molecule has 2 aromatic heterocycles. The number of benzene rings is 1. The zero-order valence-electron chi connectivity index (χ0n) is 14.9. The molecule has 0 bridgehead atoms. The number of anilines is 1. The van der Waals surface area contributed by atoms with Crippen molar-refractivity contribution in [2.45, 2.75) is 19.4 Å². The summed E-state index contributed by atoms with van der Waals surface area (Å²) in [6.45, 7) is 2.03. The monoisotopic (exact) mass is 352 g/mol. The van der Waals surface area contributed by atoms with Crippen LogP contribution in [0.5, 0.6) is 11.5 Å². The Morgan fingerprint density at radius 1 is 1.19 bits per heavy atom. The van der Waals surface area contributed by atoms with Crippen LogP contribution < -0.4 is 14.8 Å². The van der Waals surface area contributed by atoms with E-state index in [-0.39, 0.29) is 6.04 Å². The Balaban J connectivity index is 1.79. The molecule has 0 amide bonds. The Morgan fingerprint density at radius 2 is 2.04 bits per heavy atom. The average molecular weight is 352 g/mol. The smallest absolute Gasteiger partial charge is 0.226 e. The lowest BCUT2D eigenvalue weighted by Crippen LogP contribution is -2.20. The van der Waals surface area contributed by atoms with Crippen LogP contribution >= 0.6 is 0 Å². The van der Waals surface area contributed by atoms with E-state index in [0.717, 1.165) is 29.3 Å². The highest BCUT2D eigenvalue weighted by Gasteiger charge is 2.27. The molecule has 7 nitrogen and oxygen atoms in total. The van der Waals surface area contributed by atoms with Crippen LogP contribution in [0.2, 0.25) is 0 Å². The lowest BCUT2D eigenvalue weighted by atomic mass is 10.1. The van der Waals surface area contributed by atoms with Crippen LogP contribution in [-0.4, -0.2) is 29.0 Å². The van der Waals surface area contributed by atoms with E-state index in [0.29, 0.717) is 17.4 Å². The first-order chi connectivity index (χ1) is 12.7. The predicted molar refractivity (Wildman–Crippen MR) is 97.4 cm³/mol. The van der Waals surface area contributed by atoms with Crippen LogP contribution in [0.1, 0.15) is 30.1 Å². The number of rotatable bonds is 5. The molecule has 1 aliphatic rings. The number of fused-ring (bicyclic) bond motifs is 1. The molecule has 1 N–H and O–H groups in total. The standard InChI is InChI=1S/C19H20N4O3/c1-4-18-21-19-20-13(12-7-8-16(24-2)17(10-12)25-3)11-14(23(19)22-18)15-6-5-9-26-15/h5-11,14H,4H2,1-3H3,(H,20,21,22)/t14-/m0/s1. The van der Waals surface area contributed by atoms with Gasteiger partial charge in [-0.05, 0) is 36.4 Å². The van der Waals surface area contributed by atoms with Gasteiger partial charge in [0.2, 0.25) is 5.95 Å². The third-order valence-corrected chi connectivity index (χ3v) is 4.36. The highest BCUT2D eigenvalue weighted by molar-refractivity contribution is 5.78. The summed E-state index contributed by atoms with van der Waals surface area (Å²) in [5.41, 5.74) is 1.88. The van der Waals surface area contributed by atoms with E-state index in [1.807, 2.05) is 41.9 Å². The Hall–Kier alpha value is -3.22. The average Bonchev–Trinajstić information content (AvgIpc) is 3.35. The van der Waals surface area contributed by atoms with Gasteiger partial charge in [0.05, 0.1) is 20.5 Å². The van der Waals surface area contributed by atoms with Gasteiger partial charge in [-0.1, -0.05) is 6.92 Å². The van der Waals surface area contributed by atoms with Gasteiger partial charge in [0.25, 0.3) is 0 Å². The minimum atomic E-state index is -0.169. The summed E-state index contributed by atoms with van der Waals surface area (Å²) in [4.78, 5) is 4.58. The number of aromatic nitrogens is 3. The molecule has 0 radical (unpaired) electrons. The van der Waals surface area contributed by atoms with Gasteiger partial charge in [0.15, 0.2) is 17.3 Å². The van der Waals surface area contributed by atoms with Crippen LogP contribution in [-0.2, 0) is 6.42 Å². The van der Waals surface area contributed by atoms with Crippen LogP contribution in [0.4, 0.5) is 5.95 Å². The van der Waals surface area contributed by atoms with Gasteiger partial charge in [0, 0.05) is 17.7 Å². The summed E-state index contributed by atoms with van der Waals surface area (Å²) in [5.74, 6) is 3.63. The van der Waals surface area contributed by atoms with Crippen molar-refractivity contribution in [2.24, 2.45) is 0 Å². The van der Waals surface area contributed by atoms with E-state index in [1.54, 1.807) is 20.5 Å². The van der Waals surface area contributed by atoms with Gasteiger partial charge in [-0.2, -0.15) is 10.1 Å². The third-order valence-electron chi connectivity index (χ3n) is 4.36. The second-order valence-electron chi connectivity index (χ2n) is 5.89. The van der Waals surface area contributed by atoms with Crippen molar-refractivity contribution in [3.05, 3.63) is 59.8 Å². The zero-order valence-corrected chi connectivity index (χ0v) is 14.9. The minimum Gasteiger partial charge on any atom is -0.493 e. The highest BCUT2D eigenvalue weighted by atomic mass is 16.5. The molecular formula is C19H20N4O3. The molecule has 26 heavy (non-hydrogen) atoms. The molecule has 1 aromatic carbocycles. The fourth-order valence-corrected chi connectivity index (χ4v) is 3.02. The maximum absolute atomic E-state index is 5.63. The molecule has 0 aliphatic carbocycles. The van der Waals surface area contributed by atoms with E-state index < -0.39 is 0 Å². The Kier molecular flexibility index (Phi) is 4.12. The van der Waals surface area contributed by atoms with E-state index in [1.165, 1.54) is 0 Å². The normalized spacial score (nSPS) is 15.8. The summed E-state index contributed by atoms with van der Waals surface area (Å²) < 4.78 is 18.2. The maximum Gasteiger partial charge on any atom is 0.226 e. The molecule has 3 aromatic rings. The van der Waals surface area contributed by atoms with E-state index in [9.17, 15) is 0 Å². The van der Waals surface area contributed by atoms with Gasteiger partial charge in [0.1, 0.15) is 11.8 Å². The number of hydrogen-bond donors (Lipinski definition) is 1. The molecule has 7 heteroatoms. The van der Waals surface area contributed by atoms with Crippen molar-refractivity contribution < 1.29 is 13.9 Å². The molecule has 0 saturated heterocycles. The molecule has 1 aliphatic heterocycles. The number of furan rings is 1. The van der Waals surface area contributed by atoms with Gasteiger partial charge >= 0.3 is 0 Å². The lowest BCUT2D eigenvalue weighted by molar-refractivity contribution is 0.355. The number of methoxy groups -OCH3 is 2.